The largest absolute Gasteiger partial charge is 0.393 e. The second-order valence-electron chi connectivity index (χ2n) is 11.2. The van der Waals surface area contributed by atoms with Gasteiger partial charge in [-0.15, -0.1) is 0 Å². The maximum Gasteiger partial charge on any atom is 0.393 e. The molecule has 7 rings (SSSR count). The number of carbonyl (C=O) groups is 1. The third-order valence-corrected chi connectivity index (χ3v) is 8.27. The molecule has 4 N–H and O–H groups in total. The van der Waals surface area contributed by atoms with Crippen molar-refractivity contribution < 1.29 is 22.4 Å². The highest BCUT2D eigenvalue weighted by Gasteiger charge is 2.59. The number of likely N-dealkylation sites (tertiary alicyclic amines) is 1. The minimum atomic E-state index is -4.49. The Hall–Kier alpha value is -3.79. The molecule has 4 heterocycles. The number of nitrogens with two attached hydrogens (primary N) is 1. The van der Waals surface area contributed by atoms with Gasteiger partial charge in [0.2, 0.25) is 0 Å². The topological polar surface area (TPSA) is 106 Å². The van der Waals surface area contributed by atoms with Gasteiger partial charge >= 0.3 is 6.18 Å². The zero-order valence-corrected chi connectivity index (χ0v) is 21.9. The molecule has 1 aliphatic heterocycles. The minimum absolute atomic E-state index is 0.0583. The maximum atomic E-state index is 14.6. The Morgan fingerprint density at radius 1 is 1.27 bits per heavy atom. The van der Waals surface area contributed by atoms with Gasteiger partial charge in [0.1, 0.15) is 29.1 Å². The van der Waals surface area contributed by atoms with E-state index in [1.165, 1.54) is 16.8 Å². The first-order chi connectivity index (χ1) is 19.0. The van der Waals surface area contributed by atoms with E-state index in [-0.39, 0.29) is 41.0 Å². The molecule has 0 aromatic carbocycles. The first kappa shape index (κ1) is 26.4. The van der Waals surface area contributed by atoms with Gasteiger partial charge in [-0.1, -0.05) is 12.0 Å². The molecular weight excluding hydrogens is 528 g/mol. The molecule has 0 radical (unpaired) electrons. The highest BCUT2D eigenvalue weighted by Crippen LogP contribution is 2.62. The van der Waals surface area contributed by atoms with Crippen LogP contribution in [0, 0.1) is 17.8 Å². The standard InChI is InChI=1S/C27H30F4N8O/c1-37-9-7-21(19(28)15-37)35-23-6-2-5-22-17(13-27(29,30)31)20(36-38(22)23)4-3-8-33-25(40)18-14-34-39(24(18)32)26-10-16(11-26)12-26/h2,5-6,14,16,19,21,35H,7-13,15,32H2,1H3,(H,33,40)/t16?,19-,21+,26?/m0/s1. The first-order valence-electron chi connectivity index (χ1n) is 13.3. The van der Waals surface area contributed by atoms with Gasteiger partial charge in [-0.05, 0) is 56.7 Å². The summed E-state index contributed by atoms with van der Waals surface area (Å²) in [6, 6.07) is 4.29. The van der Waals surface area contributed by atoms with Gasteiger partial charge in [-0.2, -0.15) is 23.4 Å². The molecule has 13 heteroatoms. The summed E-state index contributed by atoms with van der Waals surface area (Å²) in [5.41, 5.74) is 6.46. The molecule has 4 fully saturated rings. The normalized spacial score (nSPS) is 26.0. The van der Waals surface area contributed by atoms with Crippen molar-refractivity contribution in [2.75, 3.05) is 37.7 Å². The van der Waals surface area contributed by atoms with Crippen LogP contribution in [0.1, 0.15) is 47.3 Å². The van der Waals surface area contributed by atoms with E-state index in [4.69, 9.17) is 5.73 Å². The monoisotopic (exact) mass is 558 g/mol. The van der Waals surface area contributed by atoms with E-state index in [1.807, 2.05) is 11.9 Å². The molecule has 1 saturated heterocycles. The van der Waals surface area contributed by atoms with E-state index in [1.54, 1.807) is 16.8 Å². The van der Waals surface area contributed by atoms with Crippen LogP contribution in [0.2, 0.25) is 0 Å². The molecule has 0 unspecified atom stereocenters. The van der Waals surface area contributed by atoms with Crippen molar-refractivity contribution in [3.63, 3.8) is 0 Å². The molecular formula is C27H30F4N8O. The van der Waals surface area contributed by atoms with Crippen LogP contribution in [-0.2, 0) is 12.0 Å². The fraction of sp³-hybridized carbons (Fsp3) is 0.519. The minimum Gasteiger partial charge on any atom is -0.383 e. The van der Waals surface area contributed by atoms with Crippen LogP contribution >= 0.6 is 0 Å². The van der Waals surface area contributed by atoms with E-state index in [0.717, 1.165) is 25.2 Å². The zero-order valence-electron chi connectivity index (χ0n) is 21.9. The summed E-state index contributed by atoms with van der Waals surface area (Å²) < 4.78 is 58.2. The van der Waals surface area contributed by atoms with Gasteiger partial charge in [-0.3, -0.25) is 4.79 Å². The van der Waals surface area contributed by atoms with Crippen LogP contribution in [0.15, 0.2) is 24.4 Å². The number of amides is 1. The summed E-state index contributed by atoms with van der Waals surface area (Å²) in [4.78, 5) is 14.6. The molecule has 2 bridgehead atoms. The van der Waals surface area contributed by atoms with Crippen molar-refractivity contribution >= 4 is 23.1 Å². The van der Waals surface area contributed by atoms with Gasteiger partial charge < -0.3 is 21.3 Å². The summed E-state index contributed by atoms with van der Waals surface area (Å²) in [7, 11) is 1.84. The Labute approximate surface area is 228 Å². The van der Waals surface area contributed by atoms with E-state index in [0.29, 0.717) is 24.6 Å². The summed E-state index contributed by atoms with van der Waals surface area (Å²) in [6.45, 7) is 0.839. The molecule has 3 aromatic heterocycles. The molecule has 212 valence electrons. The Balaban J connectivity index is 1.20. The number of hydrogen-bond donors (Lipinski definition) is 3. The number of piperidine rings is 1. The Bertz CT molecular complexity index is 1500. The lowest BCUT2D eigenvalue weighted by Gasteiger charge is -2.61. The highest BCUT2D eigenvalue weighted by molar-refractivity contribution is 5.98. The lowest BCUT2D eigenvalue weighted by molar-refractivity contribution is -0.127. The second-order valence-corrected chi connectivity index (χ2v) is 11.2. The number of aromatic nitrogens is 4. The Kier molecular flexibility index (Phi) is 6.40. The van der Waals surface area contributed by atoms with E-state index in [2.05, 4.69) is 32.7 Å². The molecule has 3 aliphatic carbocycles. The molecule has 9 nitrogen and oxygen atoms in total. The van der Waals surface area contributed by atoms with Crippen LogP contribution in [0.3, 0.4) is 0 Å². The number of rotatable bonds is 6. The van der Waals surface area contributed by atoms with Gasteiger partial charge in [0.05, 0.1) is 36.3 Å². The predicted octanol–water partition coefficient (Wildman–Crippen LogP) is 2.96. The third kappa shape index (κ3) is 4.74. The average Bonchev–Trinajstić information content (AvgIpc) is 3.37. The van der Waals surface area contributed by atoms with E-state index in [9.17, 15) is 22.4 Å². The Morgan fingerprint density at radius 2 is 2.05 bits per heavy atom. The van der Waals surface area contributed by atoms with Crippen molar-refractivity contribution in [1.82, 2.24) is 29.6 Å². The molecule has 1 amide bonds. The number of carbonyl (C=O) groups excluding carboxylic acids is 1. The second kappa shape index (κ2) is 9.69. The Morgan fingerprint density at radius 3 is 2.73 bits per heavy atom. The number of nitrogens with one attached hydrogen (secondary N) is 2. The van der Waals surface area contributed by atoms with Crippen molar-refractivity contribution in [2.45, 2.75) is 56.0 Å². The van der Waals surface area contributed by atoms with Crippen LogP contribution in [0.5, 0.6) is 0 Å². The number of pyridine rings is 1. The van der Waals surface area contributed by atoms with Crippen LogP contribution in [-0.4, -0.2) is 75.3 Å². The molecule has 0 spiro atoms. The van der Waals surface area contributed by atoms with Gasteiger partial charge in [0, 0.05) is 18.7 Å². The van der Waals surface area contributed by atoms with Gasteiger partial charge in [0.25, 0.3) is 5.91 Å². The number of anilines is 2. The van der Waals surface area contributed by atoms with Crippen molar-refractivity contribution in [2.24, 2.45) is 5.92 Å². The summed E-state index contributed by atoms with van der Waals surface area (Å²) in [6.07, 6.45) is -1.81. The number of hydrogen-bond acceptors (Lipinski definition) is 6. The third-order valence-electron chi connectivity index (χ3n) is 8.27. The van der Waals surface area contributed by atoms with E-state index < -0.39 is 30.7 Å². The number of alkyl halides is 4. The number of fused-ring (bicyclic) bond motifs is 1. The molecule has 3 aromatic rings. The van der Waals surface area contributed by atoms with Crippen LogP contribution in [0.4, 0.5) is 29.2 Å². The zero-order chi connectivity index (χ0) is 28.2. The van der Waals surface area contributed by atoms with Crippen LogP contribution < -0.4 is 16.4 Å². The summed E-state index contributed by atoms with van der Waals surface area (Å²) in [5, 5.41) is 14.4. The fourth-order valence-corrected chi connectivity index (χ4v) is 6.06. The van der Waals surface area contributed by atoms with E-state index >= 15 is 0 Å². The molecule has 40 heavy (non-hydrogen) atoms. The number of halogens is 4. The molecule has 3 saturated carbocycles. The van der Waals surface area contributed by atoms with Gasteiger partial charge in [-0.25, -0.2) is 13.6 Å². The van der Waals surface area contributed by atoms with Crippen molar-refractivity contribution in [1.29, 1.82) is 0 Å². The summed E-state index contributed by atoms with van der Waals surface area (Å²) >= 11 is 0. The molecule has 2 atom stereocenters. The van der Waals surface area contributed by atoms with Crippen molar-refractivity contribution in [3.8, 4) is 11.8 Å². The van der Waals surface area contributed by atoms with Crippen LogP contribution in [0.25, 0.3) is 5.52 Å². The average molecular weight is 559 g/mol. The lowest BCUT2D eigenvalue weighted by Crippen LogP contribution is -2.59. The fourth-order valence-electron chi connectivity index (χ4n) is 6.06. The first-order valence-corrected chi connectivity index (χ1v) is 13.3. The number of nitrogens with zero attached hydrogens (tertiary/aromatic N) is 5. The number of nitrogen functional groups attached to an aromatic ring is 1. The highest BCUT2D eigenvalue weighted by atomic mass is 19.4. The molecule has 4 aliphatic rings. The predicted molar refractivity (Wildman–Crippen MR) is 141 cm³/mol. The smallest absolute Gasteiger partial charge is 0.383 e. The van der Waals surface area contributed by atoms with Crippen molar-refractivity contribution in [3.05, 3.63) is 41.2 Å². The maximum absolute atomic E-state index is 14.6. The SMILES string of the molecule is CN1CC[C@@H](Nc2cccc3c(CC(F)(F)F)c(C#CCNC(=O)c4cnn(C56CC(C5)C6)c4N)nn23)[C@@H](F)C1. The summed E-state index contributed by atoms with van der Waals surface area (Å²) in [5.74, 6) is 6.35. The quantitative estimate of drug-likeness (QED) is 0.318. The van der Waals surface area contributed by atoms with Gasteiger partial charge in [0.15, 0.2) is 0 Å². The lowest BCUT2D eigenvalue weighted by atomic mass is 9.50.